The largest absolute Gasteiger partial charge is 0.313 e. The summed E-state index contributed by atoms with van der Waals surface area (Å²) in [5.74, 6) is 2.92. The highest BCUT2D eigenvalue weighted by molar-refractivity contribution is 8.00. The standard InChI is InChI=1S/C10H21NO2S2/c1-9(10-3-4-10)11-5-6-14-7-8-15(2,12)13/h9-11H,3-8H2,1-2H3. The second-order valence-electron chi connectivity index (χ2n) is 4.32. The summed E-state index contributed by atoms with van der Waals surface area (Å²) in [4.78, 5) is 0. The first kappa shape index (κ1) is 13.3. The molecule has 1 aliphatic rings. The van der Waals surface area contributed by atoms with E-state index in [1.807, 2.05) is 0 Å². The maximum absolute atomic E-state index is 10.8. The molecule has 15 heavy (non-hydrogen) atoms. The van der Waals surface area contributed by atoms with Crippen molar-refractivity contribution in [3.05, 3.63) is 0 Å². The normalized spacial score (nSPS) is 19.1. The lowest BCUT2D eigenvalue weighted by Crippen LogP contribution is -2.29. The van der Waals surface area contributed by atoms with Gasteiger partial charge in [0.1, 0.15) is 9.84 Å². The molecule has 1 N–H and O–H groups in total. The Hall–Kier alpha value is 0.260. The summed E-state index contributed by atoms with van der Waals surface area (Å²) >= 11 is 1.71. The second-order valence-corrected chi connectivity index (χ2v) is 7.81. The molecule has 1 saturated carbocycles. The predicted molar refractivity (Wildman–Crippen MR) is 67.2 cm³/mol. The molecular formula is C10H21NO2S2. The van der Waals surface area contributed by atoms with Crippen molar-refractivity contribution in [3.8, 4) is 0 Å². The Morgan fingerprint density at radius 3 is 2.60 bits per heavy atom. The number of thioether (sulfide) groups is 1. The molecule has 0 aliphatic heterocycles. The summed E-state index contributed by atoms with van der Waals surface area (Å²) < 4.78 is 21.7. The van der Waals surface area contributed by atoms with E-state index in [0.717, 1.165) is 24.0 Å². The van der Waals surface area contributed by atoms with Crippen LogP contribution in [0.3, 0.4) is 0 Å². The van der Waals surface area contributed by atoms with Crippen LogP contribution in [0.4, 0.5) is 0 Å². The molecule has 0 spiro atoms. The van der Waals surface area contributed by atoms with Gasteiger partial charge in [0.05, 0.1) is 5.75 Å². The van der Waals surface area contributed by atoms with Gasteiger partial charge >= 0.3 is 0 Å². The Balaban J connectivity index is 1.88. The van der Waals surface area contributed by atoms with E-state index < -0.39 is 9.84 Å². The number of rotatable bonds is 8. The number of hydrogen-bond donors (Lipinski definition) is 1. The molecule has 0 aromatic rings. The van der Waals surface area contributed by atoms with Crippen molar-refractivity contribution in [1.29, 1.82) is 0 Å². The van der Waals surface area contributed by atoms with Crippen molar-refractivity contribution < 1.29 is 8.42 Å². The van der Waals surface area contributed by atoms with E-state index >= 15 is 0 Å². The smallest absolute Gasteiger partial charge is 0.148 e. The van der Waals surface area contributed by atoms with Crippen LogP contribution in [0.25, 0.3) is 0 Å². The zero-order valence-corrected chi connectivity index (χ0v) is 11.2. The third kappa shape index (κ3) is 7.19. The summed E-state index contributed by atoms with van der Waals surface area (Å²) in [5.41, 5.74) is 0. The summed E-state index contributed by atoms with van der Waals surface area (Å²) in [6, 6.07) is 0.639. The minimum absolute atomic E-state index is 0.301. The molecule has 1 rings (SSSR count). The first-order valence-electron chi connectivity index (χ1n) is 5.48. The van der Waals surface area contributed by atoms with Gasteiger partial charge in [0.2, 0.25) is 0 Å². The van der Waals surface area contributed by atoms with Gasteiger partial charge in [-0.25, -0.2) is 8.42 Å². The number of sulfone groups is 1. The lowest BCUT2D eigenvalue weighted by Gasteiger charge is -2.11. The topological polar surface area (TPSA) is 46.2 Å². The number of nitrogens with one attached hydrogen (secondary N) is 1. The molecule has 5 heteroatoms. The van der Waals surface area contributed by atoms with Gasteiger partial charge in [0, 0.05) is 30.3 Å². The Kier molecular flexibility index (Phi) is 5.43. The van der Waals surface area contributed by atoms with E-state index in [2.05, 4.69) is 12.2 Å². The average Bonchev–Trinajstić information content (AvgIpc) is 2.91. The van der Waals surface area contributed by atoms with Crippen LogP contribution in [0, 0.1) is 5.92 Å². The van der Waals surface area contributed by atoms with Crippen LogP contribution in [0.2, 0.25) is 0 Å². The second kappa shape index (κ2) is 6.11. The Labute approximate surface area is 97.3 Å². The fourth-order valence-electron chi connectivity index (χ4n) is 1.43. The minimum atomic E-state index is -2.77. The molecular weight excluding hydrogens is 230 g/mol. The fraction of sp³-hybridized carbons (Fsp3) is 1.00. The maximum atomic E-state index is 10.8. The highest BCUT2D eigenvalue weighted by atomic mass is 32.2. The van der Waals surface area contributed by atoms with Crippen LogP contribution in [0.1, 0.15) is 19.8 Å². The Morgan fingerprint density at radius 1 is 1.40 bits per heavy atom. The Morgan fingerprint density at radius 2 is 2.07 bits per heavy atom. The summed E-state index contributed by atoms with van der Waals surface area (Å²) in [6.07, 6.45) is 4.03. The quantitative estimate of drug-likeness (QED) is 0.658. The third-order valence-corrected chi connectivity index (χ3v) is 4.83. The molecule has 1 aliphatic carbocycles. The van der Waals surface area contributed by atoms with E-state index in [0.29, 0.717) is 11.8 Å². The predicted octanol–water partition coefficient (Wildman–Crippen LogP) is 1.15. The van der Waals surface area contributed by atoms with Crippen LogP contribution in [0.5, 0.6) is 0 Å². The zero-order valence-electron chi connectivity index (χ0n) is 9.53. The van der Waals surface area contributed by atoms with Crippen molar-refractivity contribution in [2.24, 2.45) is 5.92 Å². The molecule has 0 heterocycles. The fourth-order valence-corrected chi connectivity index (χ4v) is 3.58. The maximum Gasteiger partial charge on any atom is 0.148 e. The molecule has 0 bridgehead atoms. The molecule has 0 aromatic carbocycles. The first-order valence-corrected chi connectivity index (χ1v) is 8.69. The monoisotopic (exact) mass is 251 g/mol. The summed E-state index contributed by atoms with van der Waals surface area (Å²) in [6.45, 7) is 3.23. The van der Waals surface area contributed by atoms with Gasteiger partial charge in [-0.2, -0.15) is 11.8 Å². The van der Waals surface area contributed by atoms with Crippen molar-refractivity contribution in [2.45, 2.75) is 25.8 Å². The van der Waals surface area contributed by atoms with Crippen LogP contribution in [-0.4, -0.2) is 44.5 Å². The third-order valence-electron chi connectivity index (χ3n) is 2.64. The van der Waals surface area contributed by atoms with E-state index in [-0.39, 0.29) is 0 Å². The molecule has 0 radical (unpaired) electrons. The Bertz CT molecular complexity index is 273. The van der Waals surface area contributed by atoms with Crippen molar-refractivity contribution in [3.63, 3.8) is 0 Å². The molecule has 0 aromatic heterocycles. The van der Waals surface area contributed by atoms with Crippen molar-refractivity contribution >= 4 is 21.6 Å². The van der Waals surface area contributed by atoms with Gasteiger partial charge in [0.15, 0.2) is 0 Å². The molecule has 90 valence electrons. The van der Waals surface area contributed by atoms with E-state index in [4.69, 9.17) is 0 Å². The molecule has 0 saturated heterocycles. The van der Waals surface area contributed by atoms with Crippen LogP contribution in [0.15, 0.2) is 0 Å². The van der Waals surface area contributed by atoms with Gasteiger partial charge < -0.3 is 5.32 Å². The van der Waals surface area contributed by atoms with Crippen molar-refractivity contribution in [2.75, 3.05) is 30.1 Å². The number of hydrogen-bond acceptors (Lipinski definition) is 4. The van der Waals surface area contributed by atoms with E-state index in [1.54, 1.807) is 11.8 Å². The molecule has 1 fully saturated rings. The van der Waals surface area contributed by atoms with Crippen molar-refractivity contribution in [1.82, 2.24) is 5.32 Å². The highest BCUT2D eigenvalue weighted by Crippen LogP contribution is 2.32. The molecule has 3 nitrogen and oxygen atoms in total. The lowest BCUT2D eigenvalue weighted by atomic mass is 10.2. The van der Waals surface area contributed by atoms with Gasteiger partial charge in [-0.1, -0.05) is 0 Å². The molecule has 1 unspecified atom stereocenters. The lowest BCUT2D eigenvalue weighted by molar-refractivity contribution is 0.514. The SMILES string of the molecule is CC(NCCSCCS(C)(=O)=O)C1CC1. The summed E-state index contributed by atoms with van der Waals surface area (Å²) in [7, 11) is -2.77. The van der Waals surface area contributed by atoms with Crippen LogP contribution < -0.4 is 5.32 Å². The highest BCUT2D eigenvalue weighted by Gasteiger charge is 2.26. The van der Waals surface area contributed by atoms with Gasteiger partial charge in [0.25, 0.3) is 0 Å². The van der Waals surface area contributed by atoms with E-state index in [1.165, 1.54) is 19.1 Å². The van der Waals surface area contributed by atoms with Gasteiger partial charge in [-0.05, 0) is 25.7 Å². The summed E-state index contributed by atoms with van der Waals surface area (Å²) in [5, 5.41) is 3.47. The minimum Gasteiger partial charge on any atom is -0.313 e. The van der Waals surface area contributed by atoms with Gasteiger partial charge in [-0.15, -0.1) is 0 Å². The first-order chi connectivity index (χ1) is 6.99. The molecule has 0 amide bonds. The zero-order chi connectivity index (χ0) is 11.3. The average molecular weight is 251 g/mol. The molecule has 1 atom stereocenters. The van der Waals surface area contributed by atoms with Gasteiger partial charge in [-0.3, -0.25) is 0 Å². The van der Waals surface area contributed by atoms with E-state index in [9.17, 15) is 8.42 Å². The van der Waals surface area contributed by atoms with Crippen LogP contribution >= 0.6 is 11.8 Å². The van der Waals surface area contributed by atoms with Crippen LogP contribution in [-0.2, 0) is 9.84 Å².